The second kappa shape index (κ2) is 4.99. The number of aromatic nitrogens is 2. The zero-order valence-corrected chi connectivity index (χ0v) is 11.9. The van der Waals surface area contributed by atoms with Crippen molar-refractivity contribution in [2.24, 2.45) is 0 Å². The van der Waals surface area contributed by atoms with E-state index in [0.29, 0.717) is 43.3 Å². The molecule has 102 valence electrons. The molecule has 0 aliphatic carbocycles. The first-order chi connectivity index (χ1) is 8.48. The summed E-state index contributed by atoms with van der Waals surface area (Å²) in [5.74, 6) is 0. The van der Waals surface area contributed by atoms with Crippen LogP contribution in [0.15, 0.2) is 4.90 Å². The number of hydrogen-bond acceptors (Lipinski definition) is 4. The number of nitrogens with one attached hydrogen (secondary N) is 1. The summed E-state index contributed by atoms with van der Waals surface area (Å²) in [4.78, 5) is 0.381. The van der Waals surface area contributed by atoms with Gasteiger partial charge in [0.15, 0.2) is 0 Å². The molecule has 6 nitrogen and oxygen atoms in total. The van der Waals surface area contributed by atoms with E-state index < -0.39 is 10.0 Å². The molecule has 1 saturated heterocycles. The van der Waals surface area contributed by atoms with Gasteiger partial charge < -0.3 is 5.32 Å². The van der Waals surface area contributed by atoms with E-state index in [1.165, 1.54) is 0 Å². The highest BCUT2D eigenvalue weighted by molar-refractivity contribution is 7.89. The molecule has 1 aliphatic heterocycles. The second-order valence-electron chi connectivity index (χ2n) is 4.47. The molecule has 0 amide bonds. The monoisotopic (exact) mass is 272 g/mol. The molecule has 1 N–H and O–H groups in total. The van der Waals surface area contributed by atoms with Crippen LogP contribution in [0.2, 0.25) is 0 Å². The number of rotatable bonds is 3. The lowest BCUT2D eigenvalue weighted by molar-refractivity contribution is 0.360. The van der Waals surface area contributed by atoms with Crippen molar-refractivity contribution in [3.05, 3.63) is 11.4 Å². The van der Waals surface area contributed by atoms with E-state index >= 15 is 0 Å². The minimum atomic E-state index is -3.40. The fraction of sp³-hybridized carbons (Fsp3) is 0.727. The van der Waals surface area contributed by atoms with Crippen LogP contribution in [0.4, 0.5) is 0 Å². The molecule has 1 fully saturated rings. The predicted octanol–water partition coefficient (Wildman–Crippen LogP) is 0.114. The molecule has 0 saturated carbocycles. The molecule has 1 aromatic rings. The summed E-state index contributed by atoms with van der Waals surface area (Å²) < 4.78 is 28.5. The summed E-state index contributed by atoms with van der Waals surface area (Å²) in [6, 6.07) is 0. The number of sulfonamides is 1. The summed E-state index contributed by atoms with van der Waals surface area (Å²) in [6.45, 7) is 8.69. The van der Waals surface area contributed by atoms with Crippen molar-refractivity contribution < 1.29 is 8.42 Å². The highest BCUT2D eigenvalue weighted by Gasteiger charge is 2.31. The third-order valence-electron chi connectivity index (χ3n) is 3.29. The van der Waals surface area contributed by atoms with Crippen LogP contribution in [-0.4, -0.2) is 48.7 Å². The number of aryl methyl sites for hydroxylation is 2. The summed E-state index contributed by atoms with van der Waals surface area (Å²) in [7, 11) is -3.40. The van der Waals surface area contributed by atoms with Crippen LogP contribution >= 0.6 is 0 Å². The number of nitrogens with zero attached hydrogens (tertiary/aromatic N) is 3. The SMILES string of the molecule is CCn1nc(C)c(S(=O)(=O)N2CCNCC2)c1C. The summed E-state index contributed by atoms with van der Waals surface area (Å²) in [6.07, 6.45) is 0. The zero-order chi connectivity index (χ0) is 13.3. The standard InChI is InChI=1S/C11H20N4O2S/c1-4-15-10(3)11(9(2)13-15)18(16,17)14-7-5-12-6-8-14/h12H,4-8H2,1-3H3. The molecule has 0 spiro atoms. The Kier molecular flexibility index (Phi) is 3.74. The molecular formula is C11H20N4O2S. The van der Waals surface area contributed by atoms with Gasteiger partial charge in [-0.25, -0.2) is 8.42 Å². The molecule has 2 rings (SSSR count). The molecule has 0 radical (unpaired) electrons. The first-order valence-corrected chi connectivity index (χ1v) is 7.67. The molecule has 0 unspecified atom stereocenters. The van der Waals surface area contributed by atoms with E-state index in [1.807, 2.05) is 13.8 Å². The molecule has 18 heavy (non-hydrogen) atoms. The molecule has 7 heteroatoms. The molecule has 1 aromatic heterocycles. The normalized spacial score (nSPS) is 18.2. The Labute approximate surface area is 108 Å². The average Bonchev–Trinajstić information content (AvgIpc) is 2.65. The average molecular weight is 272 g/mol. The van der Waals surface area contributed by atoms with Gasteiger partial charge in [0.05, 0.1) is 11.4 Å². The highest BCUT2D eigenvalue weighted by atomic mass is 32.2. The lowest BCUT2D eigenvalue weighted by Crippen LogP contribution is -2.46. The predicted molar refractivity (Wildman–Crippen MR) is 69.0 cm³/mol. The van der Waals surface area contributed by atoms with Gasteiger partial charge in [-0.1, -0.05) is 0 Å². The van der Waals surface area contributed by atoms with Crippen molar-refractivity contribution in [1.29, 1.82) is 0 Å². The van der Waals surface area contributed by atoms with Gasteiger partial charge >= 0.3 is 0 Å². The van der Waals surface area contributed by atoms with Crippen LogP contribution < -0.4 is 5.32 Å². The maximum atomic E-state index is 12.6. The van der Waals surface area contributed by atoms with E-state index in [9.17, 15) is 8.42 Å². The first kappa shape index (κ1) is 13.5. The summed E-state index contributed by atoms with van der Waals surface area (Å²) in [5.41, 5.74) is 1.32. The largest absolute Gasteiger partial charge is 0.314 e. The van der Waals surface area contributed by atoms with Crippen LogP contribution in [0, 0.1) is 13.8 Å². The Balaban J connectivity index is 2.43. The van der Waals surface area contributed by atoms with Gasteiger partial charge in [-0.05, 0) is 20.8 Å². The quantitative estimate of drug-likeness (QED) is 0.848. The maximum Gasteiger partial charge on any atom is 0.246 e. The van der Waals surface area contributed by atoms with Gasteiger partial charge in [0.2, 0.25) is 10.0 Å². The van der Waals surface area contributed by atoms with Crippen molar-refractivity contribution >= 4 is 10.0 Å². The minimum absolute atomic E-state index is 0.381. The summed E-state index contributed by atoms with van der Waals surface area (Å²) in [5, 5.41) is 7.44. The van der Waals surface area contributed by atoms with Crippen LogP contribution in [0.3, 0.4) is 0 Å². The Bertz CT molecular complexity index is 529. The third-order valence-corrected chi connectivity index (χ3v) is 5.44. The first-order valence-electron chi connectivity index (χ1n) is 6.23. The van der Waals surface area contributed by atoms with Crippen LogP contribution in [0.5, 0.6) is 0 Å². The summed E-state index contributed by atoms with van der Waals surface area (Å²) >= 11 is 0. The molecule has 1 aliphatic rings. The van der Waals surface area contributed by atoms with Crippen molar-refractivity contribution in [2.45, 2.75) is 32.2 Å². The van der Waals surface area contributed by atoms with Gasteiger partial charge in [-0.15, -0.1) is 0 Å². The number of piperazine rings is 1. The van der Waals surface area contributed by atoms with Crippen LogP contribution in [0.1, 0.15) is 18.3 Å². The molecule has 0 atom stereocenters. The smallest absolute Gasteiger partial charge is 0.246 e. The van der Waals surface area contributed by atoms with Gasteiger partial charge in [0.25, 0.3) is 0 Å². The van der Waals surface area contributed by atoms with E-state index in [1.54, 1.807) is 15.9 Å². The van der Waals surface area contributed by atoms with Gasteiger partial charge in [0.1, 0.15) is 4.90 Å². The Hall–Kier alpha value is -0.920. The van der Waals surface area contributed by atoms with Gasteiger partial charge in [0, 0.05) is 32.7 Å². The Morgan fingerprint density at radius 1 is 1.28 bits per heavy atom. The third kappa shape index (κ3) is 2.17. The maximum absolute atomic E-state index is 12.6. The van der Waals surface area contributed by atoms with Crippen molar-refractivity contribution in [3.8, 4) is 0 Å². The molecule has 2 heterocycles. The van der Waals surface area contributed by atoms with Crippen molar-refractivity contribution in [2.75, 3.05) is 26.2 Å². The zero-order valence-electron chi connectivity index (χ0n) is 11.1. The van der Waals surface area contributed by atoms with E-state index in [4.69, 9.17) is 0 Å². The van der Waals surface area contributed by atoms with E-state index in [2.05, 4.69) is 10.4 Å². The molecular weight excluding hydrogens is 252 g/mol. The fourth-order valence-electron chi connectivity index (χ4n) is 2.38. The van der Waals surface area contributed by atoms with Crippen molar-refractivity contribution in [1.82, 2.24) is 19.4 Å². The number of hydrogen-bond donors (Lipinski definition) is 1. The minimum Gasteiger partial charge on any atom is -0.314 e. The fourth-order valence-corrected chi connectivity index (χ4v) is 4.19. The van der Waals surface area contributed by atoms with E-state index in [-0.39, 0.29) is 0 Å². The Morgan fingerprint density at radius 2 is 1.89 bits per heavy atom. The lowest BCUT2D eigenvalue weighted by Gasteiger charge is -2.26. The van der Waals surface area contributed by atoms with Crippen molar-refractivity contribution in [3.63, 3.8) is 0 Å². The van der Waals surface area contributed by atoms with E-state index in [0.717, 1.165) is 5.69 Å². The Morgan fingerprint density at radius 3 is 2.39 bits per heavy atom. The topological polar surface area (TPSA) is 67.2 Å². The van der Waals surface area contributed by atoms with Gasteiger partial charge in [-0.3, -0.25) is 4.68 Å². The van der Waals surface area contributed by atoms with Crippen LogP contribution in [0.25, 0.3) is 0 Å². The second-order valence-corrected chi connectivity index (χ2v) is 6.34. The molecule has 0 bridgehead atoms. The van der Waals surface area contributed by atoms with Gasteiger partial charge in [-0.2, -0.15) is 9.40 Å². The lowest BCUT2D eigenvalue weighted by atomic mass is 10.4. The highest BCUT2D eigenvalue weighted by Crippen LogP contribution is 2.23. The van der Waals surface area contributed by atoms with Crippen LogP contribution in [-0.2, 0) is 16.6 Å². The molecule has 0 aromatic carbocycles.